The van der Waals surface area contributed by atoms with E-state index in [2.05, 4.69) is 14.7 Å². The summed E-state index contributed by atoms with van der Waals surface area (Å²) in [5, 5.41) is 3.46. The highest BCUT2D eigenvalue weighted by Gasteiger charge is 2.03. The largest absolute Gasteiger partial charge is 0.339 e. The Bertz CT molecular complexity index is 232. The molecule has 0 saturated carbocycles. The maximum atomic E-state index is 10.7. The van der Waals surface area contributed by atoms with Crippen molar-refractivity contribution < 1.29 is 9.09 Å². The molecule has 1 aromatic heterocycles. The predicted molar refractivity (Wildman–Crippen MR) is 33.6 cm³/mol. The third-order valence-electron chi connectivity index (χ3n) is 0.842. The summed E-state index contributed by atoms with van der Waals surface area (Å²) >= 11 is 0. The van der Waals surface area contributed by atoms with Crippen LogP contribution in [0.5, 0.6) is 0 Å². The molecule has 5 heteroatoms. The third-order valence-corrected chi connectivity index (χ3v) is 1.68. The van der Waals surface area contributed by atoms with Gasteiger partial charge in [0.15, 0.2) is 0 Å². The molecule has 1 aromatic rings. The van der Waals surface area contributed by atoms with Crippen LogP contribution in [0, 0.1) is 6.92 Å². The minimum Gasteiger partial charge on any atom is -0.339 e. The summed E-state index contributed by atoms with van der Waals surface area (Å²) in [4.78, 5) is 3.77. The maximum absolute atomic E-state index is 10.7. The zero-order valence-corrected chi connectivity index (χ0v) is 6.21. The van der Waals surface area contributed by atoms with Crippen LogP contribution in [0.1, 0.15) is 5.89 Å². The summed E-state index contributed by atoms with van der Waals surface area (Å²) in [5.74, 6) is 0.463. The van der Waals surface area contributed by atoms with Gasteiger partial charge in [-0.2, -0.15) is 4.98 Å². The molecule has 0 spiro atoms. The number of aromatic nitrogens is 2. The predicted octanol–water partition coefficient (Wildman–Crippen LogP) is 0.193. The van der Waals surface area contributed by atoms with Gasteiger partial charge in [-0.15, -0.1) is 0 Å². The summed E-state index contributed by atoms with van der Waals surface area (Å²) < 4.78 is 15.2. The number of hydrogen-bond acceptors (Lipinski definition) is 4. The average molecular weight is 146 g/mol. The molecule has 0 aromatic carbocycles. The number of nitrogens with zero attached hydrogens (tertiary/aromatic N) is 2. The van der Waals surface area contributed by atoms with Crippen molar-refractivity contribution in [3.8, 4) is 0 Å². The summed E-state index contributed by atoms with van der Waals surface area (Å²) in [6.07, 6.45) is 0. The molecule has 0 fully saturated rings. The Morgan fingerprint density at radius 3 is 2.56 bits per heavy atom. The molecule has 1 heterocycles. The molecule has 0 amide bonds. The minimum atomic E-state index is -1.76. The number of aryl methyl sites for hydroxylation is 1. The average Bonchev–Trinajstić information content (AvgIpc) is 2.14. The Morgan fingerprint density at radius 2 is 2.33 bits per heavy atom. The second-order valence-corrected chi connectivity index (χ2v) is 3.25. The lowest BCUT2D eigenvalue weighted by atomic mass is 10.8. The number of rotatable bonds is 1. The fourth-order valence-corrected chi connectivity index (χ4v) is 0.931. The molecule has 0 aliphatic carbocycles. The van der Waals surface area contributed by atoms with Crippen molar-refractivity contribution in [3.05, 3.63) is 5.89 Å². The fourth-order valence-electron chi connectivity index (χ4n) is 0.442. The van der Waals surface area contributed by atoms with Crippen molar-refractivity contribution >= 4 is 13.4 Å². The van der Waals surface area contributed by atoms with Crippen LogP contribution in [0.3, 0.4) is 0 Å². The van der Waals surface area contributed by atoms with E-state index in [4.69, 9.17) is 0 Å². The molecule has 1 rings (SSSR count). The van der Waals surface area contributed by atoms with Crippen LogP contribution >= 0.6 is 7.80 Å². The summed E-state index contributed by atoms with van der Waals surface area (Å²) in [5.41, 5.74) is 0.331. The molecule has 4 nitrogen and oxygen atoms in total. The van der Waals surface area contributed by atoms with Gasteiger partial charge in [0.05, 0.1) is 0 Å². The van der Waals surface area contributed by atoms with E-state index in [0.717, 1.165) is 0 Å². The first-order valence-corrected chi connectivity index (χ1v) is 4.42. The van der Waals surface area contributed by atoms with Gasteiger partial charge in [-0.05, 0) is 6.66 Å². The second-order valence-electron chi connectivity index (χ2n) is 1.69. The monoisotopic (exact) mass is 146 g/mol. The molecule has 1 unspecified atom stereocenters. The molecule has 0 saturated heterocycles. The van der Waals surface area contributed by atoms with Crippen LogP contribution in [0.15, 0.2) is 4.52 Å². The standard InChI is InChI=1S/C4H7N2O2P/c1-3-5-4(6-8-3)9(2)7/h9H,1-2H3. The molecule has 0 radical (unpaired) electrons. The van der Waals surface area contributed by atoms with Gasteiger partial charge in [0.25, 0.3) is 0 Å². The molecule has 0 bridgehead atoms. The van der Waals surface area contributed by atoms with Crippen molar-refractivity contribution in [3.63, 3.8) is 0 Å². The molecule has 0 N–H and O–H groups in total. The lowest BCUT2D eigenvalue weighted by Gasteiger charge is -1.77. The summed E-state index contributed by atoms with van der Waals surface area (Å²) in [7, 11) is -1.76. The van der Waals surface area contributed by atoms with Crippen LogP contribution in [-0.4, -0.2) is 16.8 Å². The van der Waals surface area contributed by atoms with E-state index < -0.39 is 7.80 Å². The Morgan fingerprint density at radius 1 is 1.67 bits per heavy atom. The summed E-state index contributed by atoms with van der Waals surface area (Å²) in [6.45, 7) is 3.25. The van der Waals surface area contributed by atoms with Gasteiger partial charge in [0.2, 0.25) is 11.5 Å². The van der Waals surface area contributed by atoms with Crippen molar-refractivity contribution in [2.24, 2.45) is 0 Å². The van der Waals surface area contributed by atoms with Crippen molar-refractivity contribution in [1.82, 2.24) is 10.1 Å². The van der Waals surface area contributed by atoms with Crippen LogP contribution in [0.4, 0.5) is 0 Å². The van der Waals surface area contributed by atoms with Crippen molar-refractivity contribution in [1.29, 1.82) is 0 Å². The smallest absolute Gasteiger partial charge is 0.228 e. The van der Waals surface area contributed by atoms with Crippen LogP contribution in [0.2, 0.25) is 0 Å². The molecule has 1 atom stereocenters. The number of hydrogen-bond donors (Lipinski definition) is 0. The molecule has 9 heavy (non-hydrogen) atoms. The third kappa shape index (κ3) is 1.39. The summed E-state index contributed by atoms with van der Waals surface area (Å²) in [6, 6.07) is 0. The zero-order chi connectivity index (χ0) is 6.85. The molecule has 0 aliphatic heterocycles. The quantitative estimate of drug-likeness (QED) is 0.531. The second kappa shape index (κ2) is 2.31. The highest BCUT2D eigenvalue weighted by atomic mass is 31.1. The van der Waals surface area contributed by atoms with E-state index >= 15 is 0 Å². The molecular formula is C4H7N2O2P. The SMILES string of the molecule is Cc1nc([PH](C)=O)no1. The molecular weight excluding hydrogens is 139 g/mol. The van der Waals surface area contributed by atoms with Crippen molar-refractivity contribution in [2.75, 3.05) is 6.66 Å². The molecule has 50 valence electrons. The minimum absolute atomic E-state index is 0.331. The first-order chi connectivity index (χ1) is 4.20. The van der Waals surface area contributed by atoms with Gasteiger partial charge in [-0.3, -0.25) is 0 Å². The van der Waals surface area contributed by atoms with Gasteiger partial charge in [0, 0.05) is 6.92 Å². The lowest BCUT2D eigenvalue weighted by molar-refractivity contribution is 0.396. The zero-order valence-electron chi connectivity index (χ0n) is 5.21. The molecule has 0 aliphatic rings. The van der Waals surface area contributed by atoms with Crippen LogP contribution in [-0.2, 0) is 4.57 Å². The van der Waals surface area contributed by atoms with E-state index in [1.165, 1.54) is 0 Å². The highest BCUT2D eigenvalue weighted by molar-refractivity contribution is 7.51. The normalized spacial score (nSPS) is 13.6. The first kappa shape index (κ1) is 6.49. The van der Waals surface area contributed by atoms with Crippen LogP contribution in [0.25, 0.3) is 0 Å². The van der Waals surface area contributed by atoms with E-state index in [-0.39, 0.29) is 0 Å². The van der Waals surface area contributed by atoms with Crippen molar-refractivity contribution in [2.45, 2.75) is 6.92 Å². The Labute approximate surface area is 53.1 Å². The van der Waals surface area contributed by atoms with Gasteiger partial charge in [-0.1, -0.05) is 5.16 Å². The lowest BCUT2D eigenvalue weighted by Crippen LogP contribution is -1.99. The van der Waals surface area contributed by atoms with Gasteiger partial charge >= 0.3 is 0 Å². The van der Waals surface area contributed by atoms with E-state index in [1.54, 1.807) is 13.6 Å². The maximum Gasteiger partial charge on any atom is 0.228 e. The van der Waals surface area contributed by atoms with E-state index in [0.29, 0.717) is 11.5 Å². The Kier molecular flexibility index (Phi) is 1.67. The van der Waals surface area contributed by atoms with Gasteiger partial charge in [0.1, 0.15) is 7.80 Å². The first-order valence-electron chi connectivity index (χ1n) is 2.51. The topological polar surface area (TPSA) is 56.0 Å². The Hall–Kier alpha value is -0.630. The van der Waals surface area contributed by atoms with Gasteiger partial charge < -0.3 is 9.09 Å². The van der Waals surface area contributed by atoms with Gasteiger partial charge in [-0.25, -0.2) is 0 Å². The van der Waals surface area contributed by atoms with Crippen LogP contribution < -0.4 is 5.57 Å². The fraction of sp³-hybridized carbons (Fsp3) is 0.500. The highest BCUT2D eigenvalue weighted by Crippen LogP contribution is 2.09. The Balaban J connectivity index is 2.98. The van der Waals surface area contributed by atoms with E-state index in [9.17, 15) is 4.57 Å². The van der Waals surface area contributed by atoms with E-state index in [1.807, 2.05) is 0 Å².